The number of rotatable bonds is 6. The van der Waals surface area contributed by atoms with Gasteiger partial charge in [-0.15, -0.1) is 0 Å². The lowest BCUT2D eigenvalue weighted by Gasteiger charge is -2.35. The number of nitrogens with zero attached hydrogens (tertiary/aromatic N) is 3. The number of amides is 1. The van der Waals surface area contributed by atoms with Crippen LogP contribution in [0, 0.1) is 0 Å². The number of anilines is 1. The Labute approximate surface area is 175 Å². The maximum atomic E-state index is 12.4. The normalized spacial score (nSPS) is 14.4. The van der Waals surface area contributed by atoms with Crippen LogP contribution in [0.15, 0.2) is 48.7 Å². The summed E-state index contributed by atoms with van der Waals surface area (Å²) in [6, 6.07) is 12.4. The minimum absolute atomic E-state index is 0.221. The first-order valence-corrected chi connectivity index (χ1v) is 9.78. The quantitative estimate of drug-likeness (QED) is 0.673. The standard InChI is InChI=1S/C21H24ClN3O4/c1-21(2,29-17-8-6-16(22)7-9-17)20(27)28-15-19(26)25-13-11-24(12-14-25)18-5-3-4-10-23-18/h3-10H,11-15H2,1-2H3. The molecule has 7 nitrogen and oxygen atoms in total. The minimum atomic E-state index is -1.23. The number of hydrogen-bond donors (Lipinski definition) is 0. The van der Waals surface area contributed by atoms with Crippen LogP contribution in [-0.4, -0.2) is 60.1 Å². The summed E-state index contributed by atoms with van der Waals surface area (Å²) in [4.78, 5) is 33.0. The fraction of sp³-hybridized carbons (Fsp3) is 0.381. The fourth-order valence-electron chi connectivity index (χ4n) is 2.96. The first-order valence-electron chi connectivity index (χ1n) is 9.41. The number of esters is 1. The molecule has 0 N–H and O–H groups in total. The number of benzene rings is 1. The zero-order chi connectivity index (χ0) is 20.9. The van der Waals surface area contributed by atoms with E-state index in [1.165, 1.54) is 0 Å². The molecule has 1 aromatic heterocycles. The van der Waals surface area contributed by atoms with E-state index in [9.17, 15) is 9.59 Å². The Hall–Kier alpha value is -2.80. The SMILES string of the molecule is CC(C)(Oc1ccc(Cl)cc1)C(=O)OCC(=O)N1CCN(c2ccccn2)CC1. The largest absolute Gasteiger partial charge is 0.476 e. The minimum Gasteiger partial charge on any atom is -0.476 e. The maximum absolute atomic E-state index is 12.4. The second-order valence-electron chi connectivity index (χ2n) is 7.20. The van der Waals surface area contributed by atoms with Gasteiger partial charge in [0.15, 0.2) is 12.2 Å². The molecule has 0 unspecified atom stereocenters. The van der Waals surface area contributed by atoms with Crippen LogP contribution in [0.2, 0.25) is 5.02 Å². The first-order chi connectivity index (χ1) is 13.8. The number of halogens is 1. The molecule has 1 saturated heterocycles. The van der Waals surface area contributed by atoms with E-state index in [1.807, 2.05) is 18.2 Å². The number of pyridine rings is 1. The van der Waals surface area contributed by atoms with Gasteiger partial charge in [-0.2, -0.15) is 0 Å². The van der Waals surface area contributed by atoms with Gasteiger partial charge >= 0.3 is 5.97 Å². The lowest BCUT2D eigenvalue weighted by molar-refractivity contribution is -0.164. The van der Waals surface area contributed by atoms with E-state index in [4.69, 9.17) is 21.1 Å². The lowest BCUT2D eigenvalue weighted by Crippen LogP contribution is -2.50. The lowest BCUT2D eigenvalue weighted by atomic mass is 10.1. The number of hydrogen-bond acceptors (Lipinski definition) is 6. The molecule has 0 aliphatic carbocycles. The average molecular weight is 418 g/mol. The molecule has 0 atom stereocenters. The van der Waals surface area contributed by atoms with E-state index in [-0.39, 0.29) is 12.5 Å². The summed E-state index contributed by atoms with van der Waals surface area (Å²) in [6.45, 7) is 5.36. The highest BCUT2D eigenvalue weighted by Crippen LogP contribution is 2.22. The van der Waals surface area contributed by atoms with Crippen molar-refractivity contribution >= 4 is 29.3 Å². The van der Waals surface area contributed by atoms with Crippen molar-refractivity contribution in [1.82, 2.24) is 9.88 Å². The zero-order valence-corrected chi connectivity index (χ0v) is 17.3. The van der Waals surface area contributed by atoms with Gasteiger partial charge in [0.1, 0.15) is 11.6 Å². The van der Waals surface area contributed by atoms with Crippen LogP contribution >= 0.6 is 11.6 Å². The second-order valence-corrected chi connectivity index (χ2v) is 7.63. The first kappa shape index (κ1) is 20.9. The summed E-state index contributed by atoms with van der Waals surface area (Å²) >= 11 is 5.85. The van der Waals surface area contributed by atoms with E-state index >= 15 is 0 Å². The predicted molar refractivity (Wildman–Crippen MR) is 110 cm³/mol. The Morgan fingerprint density at radius 2 is 1.76 bits per heavy atom. The summed E-state index contributed by atoms with van der Waals surface area (Å²) in [5, 5.41) is 0.575. The molecule has 1 aliphatic rings. The third kappa shape index (κ3) is 5.60. The maximum Gasteiger partial charge on any atom is 0.350 e. The number of piperazine rings is 1. The fourth-order valence-corrected chi connectivity index (χ4v) is 3.08. The summed E-state index contributed by atoms with van der Waals surface area (Å²) in [5.41, 5.74) is -1.23. The molecule has 8 heteroatoms. The topological polar surface area (TPSA) is 72.0 Å². The molecule has 1 fully saturated rings. The molecule has 3 rings (SSSR count). The van der Waals surface area contributed by atoms with Crippen LogP contribution in [0.4, 0.5) is 5.82 Å². The second kappa shape index (κ2) is 9.13. The van der Waals surface area contributed by atoms with E-state index in [1.54, 1.807) is 49.2 Å². The van der Waals surface area contributed by atoms with E-state index in [0.29, 0.717) is 37.0 Å². The van der Waals surface area contributed by atoms with E-state index in [2.05, 4.69) is 9.88 Å². The highest BCUT2D eigenvalue weighted by Gasteiger charge is 2.33. The van der Waals surface area contributed by atoms with Gasteiger partial charge in [0.2, 0.25) is 0 Å². The Morgan fingerprint density at radius 1 is 1.07 bits per heavy atom. The van der Waals surface area contributed by atoms with Gasteiger partial charge in [-0.05, 0) is 50.2 Å². The molecular weight excluding hydrogens is 394 g/mol. The highest BCUT2D eigenvalue weighted by molar-refractivity contribution is 6.30. The summed E-state index contributed by atoms with van der Waals surface area (Å²) in [7, 11) is 0. The number of ether oxygens (including phenoxy) is 2. The van der Waals surface area contributed by atoms with Crippen molar-refractivity contribution in [2.24, 2.45) is 0 Å². The molecule has 29 heavy (non-hydrogen) atoms. The van der Waals surface area contributed by atoms with Crippen LogP contribution in [-0.2, 0) is 14.3 Å². The predicted octanol–water partition coefficient (Wildman–Crippen LogP) is 2.78. The van der Waals surface area contributed by atoms with Crippen LogP contribution in [0.25, 0.3) is 0 Å². The summed E-state index contributed by atoms with van der Waals surface area (Å²) < 4.78 is 10.9. The molecule has 1 amide bonds. The molecule has 2 aromatic rings. The van der Waals surface area contributed by atoms with Gasteiger partial charge in [-0.25, -0.2) is 9.78 Å². The smallest absolute Gasteiger partial charge is 0.350 e. The number of carbonyl (C=O) groups is 2. The van der Waals surface area contributed by atoms with Gasteiger partial charge in [-0.3, -0.25) is 4.79 Å². The summed E-state index contributed by atoms with van der Waals surface area (Å²) in [5.74, 6) is 0.565. The number of carbonyl (C=O) groups excluding carboxylic acids is 2. The van der Waals surface area contributed by atoms with E-state index in [0.717, 1.165) is 5.82 Å². The van der Waals surface area contributed by atoms with Gasteiger partial charge in [0.25, 0.3) is 5.91 Å². The van der Waals surface area contributed by atoms with Crippen LogP contribution < -0.4 is 9.64 Å². The van der Waals surface area contributed by atoms with Gasteiger partial charge < -0.3 is 19.3 Å². The van der Waals surface area contributed by atoms with Gasteiger partial charge in [-0.1, -0.05) is 17.7 Å². The van der Waals surface area contributed by atoms with Crippen molar-refractivity contribution in [2.75, 3.05) is 37.7 Å². The van der Waals surface area contributed by atoms with Gasteiger partial charge in [0.05, 0.1) is 0 Å². The number of aromatic nitrogens is 1. The monoisotopic (exact) mass is 417 g/mol. The Kier molecular flexibility index (Phi) is 6.59. The van der Waals surface area contributed by atoms with Crippen LogP contribution in [0.5, 0.6) is 5.75 Å². The van der Waals surface area contributed by atoms with Crippen molar-refractivity contribution in [3.8, 4) is 5.75 Å². The van der Waals surface area contributed by atoms with E-state index < -0.39 is 11.6 Å². The van der Waals surface area contributed by atoms with Crippen molar-refractivity contribution in [3.63, 3.8) is 0 Å². The third-order valence-corrected chi connectivity index (χ3v) is 4.86. The Morgan fingerprint density at radius 3 is 2.38 bits per heavy atom. The van der Waals surface area contributed by atoms with Crippen LogP contribution in [0.3, 0.4) is 0 Å². The Bertz CT molecular complexity index is 835. The van der Waals surface area contributed by atoms with Crippen molar-refractivity contribution in [3.05, 3.63) is 53.7 Å². The molecule has 1 aromatic carbocycles. The molecule has 0 radical (unpaired) electrons. The molecule has 0 spiro atoms. The molecule has 154 valence electrons. The average Bonchev–Trinajstić information content (AvgIpc) is 2.74. The molecule has 2 heterocycles. The highest BCUT2D eigenvalue weighted by atomic mass is 35.5. The van der Waals surface area contributed by atoms with Crippen LogP contribution in [0.1, 0.15) is 13.8 Å². The van der Waals surface area contributed by atoms with Crippen molar-refractivity contribution in [2.45, 2.75) is 19.4 Å². The summed E-state index contributed by atoms with van der Waals surface area (Å²) in [6.07, 6.45) is 1.75. The molecular formula is C21H24ClN3O4. The third-order valence-electron chi connectivity index (χ3n) is 4.61. The molecule has 1 aliphatic heterocycles. The zero-order valence-electron chi connectivity index (χ0n) is 16.5. The molecule has 0 saturated carbocycles. The van der Waals surface area contributed by atoms with Crippen molar-refractivity contribution in [1.29, 1.82) is 0 Å². The van der Waals surface area contributed by atoms with Crippen molar-refractivity contribution < 1.29 is 19.1 Å². The Balaban J connectivity index is 1.46. The molecule has 0 bridgehead atoms. The van der Waals surface area contributed by atoms with Gasteiger partial charge in [0, 0.05) is 37.4 Å².